The van der Waals surface area contributed by atoms with Crippen molar-refractivity contribution in [3.63, 3.8) is 0 Å². The lowest BCUT2D eigenvalue weighted by molar-refractivity contribution is -0.0893. The Balaban J connectivity index is 1.44. The SMILES string of the molecule is COC[C@]1(O)CCCC[C@H]1n1cnc(C(=O)N2CCNC[C@H]2CCn2ccc(C(=O)OC)c2)c1-c1ccccc1. The molecule has 0 spiro atoms. The van der Waals surface area contributed by atoms with Crippen molar-refractivity contribution in [1.29, 1.82) is 0 Å². The van der Waals surface area contributed by atoms with Crippen molar-refractivity contribution in [3.8, 4) is 11.3 Å². The van der Waals surface area contributed by atoms with Gasteiger partial charge in [-0.25, -0.2) is 9.78 Å². The minimum absolute atomic E-state index is 0.0425. The first-order valence-electron chi connectivity index (χ1n) is 14.0. The fraction of sp³-hybridized carbons (Fsp3) is 0.500. The van der Waals surface area contributed by atoms with Gasteiger partial charge in [0.15, 0.2) is 5.69 Å². The standard InChI is InChI=1S/C30H39N5O5/c1-39-20-30(38)13-7-6-10-25(30)35-21-32-26(27(35)22-8-4-3-5-9-22)28(36)34-17-14-31-18-24(34)12-16-33-15-11-23(19-33)29(37)40-2/h3-5,8-9,11,15,19,21,24-25,31,38H,6-7,10,12-14,16-18,20H2,1-2H3/t24-,25-,30-/m1/s1. The maximum absolute atomic E-state index is 14.2. The molecule has 10 heteroatoms. The summed E-state index contributed by atoms with van der Waals surface area (Å²) in [6.07, 6.45) is 9.40. The molecule has 1 aliphatic carbocycles. The minimum Gasteiger partial charge on any atom is -0.465 e. The largest absolute Gasteiger partial charge is 0.465 e. The number of aliphatic hydroxyl groups is 1. The van der Waals surface area contributed by atoms with E-state index in [4.69, 9.17) is 14.5 Å². The monoisotopic (exact) mass is 549 g/mol. The van der Waals surface area contributed by atoms with Crippen molar-refractivity contribution >= 4 is 11.9 Å². The number of aryl methyl sites for hydroxylation is 1. The molecule has 40 heavy (non-hydrogen) atoms. The summed E-state index contributed by atoms with van der Waals surface area (Å²) in [4.78, 5) is 32.7. The van der Waals surface area contributed by atoms with Crippen molar-refractivity contribution in [2.45, 2.75) is 56.3 Å². The highest BCUT2D eigenvalue weighted by atomic mass is 16.5. The predicted octanol–water partition coefficient (Wildman–Crippen LogP) is 3.14. The molecule has 0 bridgehead atoms. The molecular weight excluding hydrogens is 510 g/mol. The van der Waals surface area contributed by atoms with Crippen molar-refractivity contribution < 1.29 is 24.2 Å². The average molecular weight is 550 g/mol. The molecule has 3 atom stereocenters. The molecule has 2 aromatic heterocycles. The second-order valence-corrected chi connectivity index (χ2v) is 10.8. The summed E-state index contributed by atoms with van der Waals surface area (Å²) < 4.78 is 14.2. The average Bonchev–Trinajstić information content (AvgIpc) is 3.64. The predicted molar refractivity (Wildman–Crippen MR) is 150 cm³/mol. The summed E-state index contributed by atoms with van der Waals surface area (Å²) in [5.74, 6) is -0.479. The number of nitrogens with one attached hydrogen (secondary N) is 1. The molecule has 5 rings (SSSR count). The van der Waals surface area contributed by atoms with Gasteiger partial charge in [0.2, 0.25) is 0 Å². The van der Waals surface area contributed by atoms with Gasteiger partial charge in [0.05, 0.1) is 37.3 Å². The highest BCUT2D eigenvalue weighted by molar-refractivity contribution is 5.98. The van der Waals surface area contributed by atoms with Crippen LogP contribution in [-0.2, 0) is 16.0 Å². The molecular formula is C30H39N5O5. The van der Waals surface area contributed by atoms with Crippen LogP contribution >= 0.6 is 0 Å². The van der Waals surface area contributed by atoms with Gasteiger partial charge in [-0.15, -0.1) is 0 Å². The number of carbonyl (C=O) groups excluding carboxylic acids is 2. The zero-order chi connectivity index (χ0) is 28.1. The van der Waals surface area contributed by atoms with E-state index < -0.39 is 5.60 Å². The lowest BCUT2D eigenvalue weighted by atomic mass is 9.80. The number of amides is 1. The molecule has 1 aromatic carbocycles. The fourth-order valence-corrected chi connectivity index (χ4v) is 6.19. The molecule has 1 aliphatic heterocycles. The maximum Gasteiger partial charge on any atom is 0.339 e. The molecule has 10 nitrogen and oxygen atoms in total. The Morgan fingerprint density at radius 2 is 2.00 bits per heavy atom. The van der Waals surface area contributed by atoms with Gasteiger partial charge in [-0.3, -0.25) is 4.79 Å². The molecule has 1 amide bonds. The number of methoxy groups -OCH3 is 2. The summed E-state index contributed by atoms with van der Waals surface area (Å²) in [6, 6.07) is 11.3. The number of hydrogen-bond acceptors (Lipinski definition) is 7. The Bertz CT molecular complexity index is 1300. The molecule has 1 saturated carbocycles. The van der Waals surface area contributed by atoms with E-state index in [2.05, 4.69) is 5.32 Å². The first kappa shape index (κ1) is 28.1. The number of ether oxygens (including phenoxy) is 2. The van der Waals surface area contributed by atoms with Crippen molar-refractivity contribution in [3.05, 3.63) is 66.4 Å². The summed E-state index contributed by atoms with van der Waals surface area (Å²) >= 11 is 0. The zero-order valence-electron chi connectivity index (χ0n) is 23.3. The number of benzene rings is 1. The summed E-state index contributed by atoms with van der Waals surface area (Å²) in [6.45, 7) is 2.83. The Labute approximate surface area is 234 Å². The van der Waals surface area contributed by atoms with E-state index in [1.54, 1.807) is 25.7 Å². The molecule has 214 valence electrons. The molecule has 0 unspecified atom stereocenters. The van der Waals surface area contributed by atoms with E-state index in [1.807, 2.05) is 50.6 Å². The van der Waals surface area contributed by atoms with Crippen LogP contribution in [0.5, 0.6) is 0 Å². The van der Waals surface area contributed by atoms with Crippen LogP contribution in [-0.4, -0.2) is 88.1 Å². The van der Waals surface area contributed by atoms with Crippen LogP contribution in [0.2, 0.25) is 0 Å². The van der Waals surface area contributed by atoms with Crippen LogP contribution in [0.25, 0.3) is 11.3 Å². The van der Waals surface area contributed by atoms with Crippen LogP contribution < -0.4 is 5.32 Å². The number of aromatic nitrogens is 3. The highest BCUT2D eigenvalue weighted by Crippen LogP contribution is 2.41. The molecule has 2 aliphatic rings. The molecule has 0 radical (unpaired) electrons. The third-order valence-corrected chi connectivity index (χ3v) is 8.23. The second kappa shape index (κ2) is 12.4. The molecule has 3 heterocycles. The summed E-state index contributed by atoms with van der Waals surface area (Å²) in [5, 5.41) is 15.0. The Morgan fingerprint density at radius 1 is 1.18 bits per heavy atom. The van der Waals surface area contributed by atoms with E-state index in [0.717, 1.165) is 30.5 Å². The summed E-state index contributed by atoms with van der Waals surface area (Å²) in [7, 11) is 2.98. The Morgan fingerprint density at radius 3 is 2.77 bits per heavy atom. The number of imidazole rings is 1. The van der Waals surface area contributed by atoms with Gasteiger partial charge in [-0.05, 0) is 25.3 Å². The third-order valence-electron chi connectivity index (χ3n) is 8.23. The van der Waals surface area contributed by atoms with Crippen LogP contribution in [0.3, 0.4) is 0 Å². The third kappa shape index (κ3) is 5.70. The van der Waals surface area contributed by atoms with Gasteiger partial charge in [-0.1, -0.05) is 43.2 Å². The number of esters is 1. The van der Waals surface area contributed by atoms with Crippen molar-refractivity contribution in [1.82, 2.24) is 24.3 Å². The zero-order valence-corrected chi connectivity index (χ0v) is 23.3. The van der Waals surface area contributed by atoms with Crippen molar-refractivity contribution in [2.24, 2.45) is 0 Å². The first-order chi connectivity index (χ1) is 19.4. The smallest absolute Gasteiger partial charge is 0.339 e. The Kier molecular flexibility index (Phi) is 8.68. The Hall–Kier alpha value is -3.47. The van der Waals surface area contributed by atoms with Gasteiger partial charge in [0.25, 0.3) is 5.91 Å². The number of rotatable bonds is 9. The molecule has 2 fully saturated rings. The van der Waals surface area contributed by atoms with Crippen molar-refractivity contribution in [2.75, 3.05) is 40.5 Å². The second-order valence-electron chi connectivity index (χ2n) is 10.8. The van der Waals surface area contributed by atoms with Gasteiger partial charge in [-0.2, -0.15) is 0 Å². The maximum atomic E-state index is 14.2. The fourth-order valence-electron chi connectivity index (χ4n) is 6.19. The highest BCUT2D eigenvalue weighted by Gasteiger charge is 2.42. The quantitative estimate of drug-likeness (QED) is 0.395. The number of piperazine rings is 1. The van der Waals surface area contributed by atoms with Gasteiger partial charge < -0.3 is 33.9 Å². The molecule has 1 saturated heterocycles. The summed E-state index contributed by atoms with van der Waals surface area (Å²) in [5.41, 5.74) is 1.50. The minimum atomic E-state index is -1.03. The molecule has 2 N–H and O–H groups in total. The van der Waals surface area contributed by atoms with Gasteiger partial charge in [0, 0.05) is 57.3 Å². The van der Waals surface area contributed by atoms with Gasteiger partial charge in [0.1, 0.15) is 5.60 Å². The number of nitrogens with zero attached hydrogens (tertiary/aromatic N) is 4. The van der Waals surface area contributed by atoms with Crippen LogP contribution in [0.15, 0.2) is 55.1 Å². The lowest BCUT2D eigenvalue weighted by Gasteiger charge is -2.41. The number of hydrogen-bond donors (Lipinski definition) is 2. The van der Waals surface area contributed by atoms with E-state index in [9.17, 15) is 14.7 Å². The van der Waals surface area contributed by atoms with E-state index in [-0.39, 0.29) is 30.6 Å². The van der Waals surface area contributed by atoms with Gasteiger partial charge >= 0.3 is 5.97 Å². The molecule has 3 aromatic rings. The van der Waals surface area contributed by atoms with E-state index >= 15 is 0 Å². The normalized spacial score (nSPS) is 23.2. The van der Waals surface area contributed by atoms with E-state index in [1.165, 1.54) is 7.11 Å². The van der Waals surface area contributed by atoms with Crippen LogP contribution in [0.4, 0.5) is 0 Å². The van der Waals surface area contributed by atoms with Crippen LogP contribution in [0.1, 0.15) is 59.0 Å². The lowest BCUT2D eigenvalue weighted by Crippen LogP contribution is -2.54. The van der Waals surface area contributed by atoms with E-state index in [0.29, 0.717) is 50.3 Å². The number of carbonyl (C=O) groups is 2. The van der Waals surface area contributed by atoms with Crippen LogP contribution in [0, 0.1) is 0 Å². The first-order valence-corrected chi connectivity index (χ1v) is 14.0. The topological polar surface area (TPSA) is 111 Å².